The third-order valence-corrected chi connectivity index (χ3v) is 6.42. The van der Waals surface area contributed by atoms with Gasteiger partial charge in [-0.05, 0) is 56.9 Å². The van der Waals surface area contributed by atoms with Crippen LogP contribution >= 0.6 is 0 Å². The third kappa shape index (κ3) is 3.53. The van der Waals surface area contributed by atoms with E-state index in [1.807, 2.05) is 24.5 Å². The summed E-state index contributed by atoms with van der Waals surface area (Å²) >= 11 is 0. The Kier molecular flexibility index (Phi) is 5.22. The molecule has 2 heterocycles. The molecule has 0 atom stereocenters. The van der Waals surface area contributed by atoms with Gasteiger partial charge in [0.2, 0.25) is 0 Å². The molecule has 1 saturated heterocycles. The zero-order chi connectivity index (χ0) is 21.5. The monoisotopic (exact) mass is 411 g/mol. The number of imide groups is 1. The van der Waals surface area contributed by atoms with E-state index in [1.165, 1.54) is 12.1 Å². The molecule has 30 heavy (non-hydrogen) atoms. The quantitative estimate of drug-likeness (QED) is 0.584. The topological polar surface area (TPSA) is 71.4 Å². The summed E-state index contributed by atoms with van der Waals surface area (Å²) in [5, 5.41) is 2.81. The molecule has 7 heteroatoms. The number of benzene rings is 1. The van der Waals surface area contributed by atoms with Crippen LogP contribution in [0.3, 0.4) is 0 Å². The van der Waals surface area contributed by atoms with Crippen LogP contribution in [0.4, 0.5) is 9.18 Å². The van der Waals surface area contributed by atoms with E-state index < -0.39 is 11.6 Å². The number of carbonyl (C=O) groups is 3. The standard InChI is InChI=1S/C23H26FN3O3/c1-15-13-19(16(2)26(15)12-9-17-5-7-18(24)8-6-17)20(28)14-27-21(29)23(25-22(27)30)10-3-4-11-23/h5-8,13H,3-4,9-12,14H2,1-2H3,(H,25,30). The first-order valence-corrected chi connectivity index (χ1v) is 10.4. The Bertz CT molecular complexity index is 1000. The van der Waals surface area contributed by atoms with Gasteiger partial charge < -0.3 is 9.88 Å². The van der Waals surface area contributed by atoms with Crippen molar-refractivity contribution in [3.05, 3.63) is 58.7 Å². The first kappa shape index (κ1) is 20.3. The molecule has 2 fully saturated rings. The fourth-order valence-electron chi connectivity index (χ4n) is 4.69. The Balaban J connectivity index is 1.47. The minimum atomic E-state index is -0.802. The lowest BCUT2D eigenvalue weighted by atomic mass is 9.98. The maximum atomic E-state index is 13.1. The number of ketones is 1. The van der Waals surface area contributed by atoms with Crippen molar-refractivity contribution in [3.63, 3.8) is 0 Å². The summed E-state index contributed by atoms with van der Waals surface area (Å²) < 4.78 is 15.1. The summed E-state index contributed by atoms with van der Waals surface area (Å²) in [6, 6.07) is 7.73. The minimum absolute atomic E-state index is 0.241. The molecule has 6 nitrogen and oxygen atoms in total. The molecule has 1 N–H and O–H groups in total. The maximum absolute atomic E-state index is 13.1. The number of rotatable bonds is 6. The van der Waals surface area contributed by atoms with Crippen LogP contribution in [-0.4, -0.2) is 39.3 Å². The van der Waals surface area contributed by atoms with Gasteiger partial charge in [-0.2, -0.15) is 0 Å². The summed E-state index contributed by atoms with van der Waals surface area (Å²) in [5.74, 6) is -0.780. The SMILES string of the molecule is Cc1cc(C(=O)CN2C(=O)NC3(CCCC3)C2=O)c(C)n1CCc1ccc(F)cc1. The van der Waals surface area contributed by atoms with Gasteiger partial charge in [0.1, 0.15) is 11.4 Å². The molecule has 2 aliphatic rings. The smallest absolute Gasteiger partial charge is 0.325 e. The number of carbonyl (C=O) groups excluding carboxylic acids is 3. The Labute approximate surface area is 175 Å². The van der Waals surface area contributed by atoms with Crippen molar-refractivity contribution in [2.24, 2.45) is 0 Å². The summed E-state index contributed by atoms with van der Waals surface area (Å²) in [4.78, 5) is 39.2. The van der Waals surface area contributed by atoms with Crippen molar-refractivity contribution in [2.75, 3.05) is 6.54 Å². The van der Waals surface area contributed by atoms with E-state index in [4.69, 9.17) is 0 Å². The van der Waals surface area contributed by atoms with Crippen molar-refractivity contribution >= 4 is 17.7 Å². The largest absolute Gasteiger partial charge is 0.348 e. The normalized spacial score (nSPS) is 17.8. The van der Waals surface area contributed by atoms with E-state index in [-0.39, 0.29) is 24.1 Å². The Morgan fingerprint density at radius 3 is 2.47 bits per heavy atom. The Morgan fingerprint density at radius 2 is 1.80 bits per heavy atom. The molecular weight excluding hydrogens is 385 g/mol. The predicted octanol–water partition coefficient (Wildman–Crippen LogP) is 3.53. The zero-order valence-corrected chi connectivity index (χ0v) is 17.3. The number of amides is 3. The van der Waals surface area contributed by atoms with Gasteiger partial charge in [-0.25, -0.2) is 9.18 Å². The Morgan fingerprint density at radius 1 is 1.13 bits per heavy atom. The van der Waals surface area contributed by atoms with Crippen LogP contribution in [0.2, 0.25) is 0 Å². The summed E-state index contributed by atoms with van der Waals surface area (Å²) in [6.45, 7) is 4.21. The number of hydrogen-bond acceptors (Lipinski definition) is 3. The molecule has 1 spiro atoms. The molecule has 0 unspecified atom stereocenters. The van der Waals surface area contributed by atoms with E-state index in [2.05, 4.69) is 5.32 Å². The number of halogens is 1. The van der Waals surface area contributed by atoms with Crippen LogP contribution < -0.4 is 5.32 Å². The third-order valence-electron chi connectivity index (χ3n) is 6.42. The Hall–Kier alpha value is -2.96. The van der Waals surface area contributed by atoms with Crippen molar-refractivity contribution in [2.45, 2.75) is 58.0 Å². The van der Waals surface area contributed by atoms with Gasteiger partial charge >= 0.3 is 6.03 Å². The van der Waals surface area contributed by atoms with E-state index in [0.29, 0.717) is 31.4 Å². The molecule has 0 radical (unpaired) electrons. The van der Waals surface area contributed by atoms with Crippen LogP contribution in [0.1, 0.15) is 53.0 Å². The second kappa shape index (κ2) is 7.70. The van der Waals surface area contributed by atoms with Gasteiger partial charge in [0, 0.05) is 23.5 Å². The molecule has 158 valence electrons. The minimum Gasteiger partial charge on any atom is -0.348 e. The average molecular weight is 411 g/mol. The summed E-state index contributed by atoms with van der Waals surface area (Å²) in [5.41, 5.74) is 2.48. The molecule has 1 aliphatic carbocycles. The van der Waals surface area contributed by atoms with Gasteiger partial charge in [0.25, 0.3) is 5.91 Å². The second-order valence-electron chi connectivity index (χ2n) is 8.35. The van der Waals surface area contributed by atoms with Crippen LogP contribution in [0, 0.1) is 19.7 Å². The van der Waals surface area contributed by atoms with Crippen LogP contribution in [0.25, 0.3) is 0 Å². The van der Waals surface area contributed by atoms with Crippen LogP contribution in [0.15, 0.2) is 30.3 Å². The average Bonchev–Trinajstić information content (AvgIpc) is 3.36. The van der Waals surface area contributed by atoms with E-state index in [1.54, 1.807) is 12.1 Å². The number of nitrogens with one attached hydrogen (secondary N) is 1. The first-order chi connectivity index (χ1) is 14.3. The maximum Gasteiger partial charge on any atom is 0.325 e. The number of hydrogen-bond donors (Lipinski definition) is 1. The van der Waals surface area contributed by atoms with E-state index in [0.717, 1.165) is 34.7 Å². The van der Waals surface area contributed by atoms with E-state index in [9.17, 15) is 18.8 Å². The lowest BCUT2D eigenvalue weighted by Crippen LogP contribution is -2.44. The fraction of sp³-hybridized carbons (Fsp3) is 0.435. The van der Waals surface area contributed by atoms with E-state index >= 15 is 0 Å². The first-order valence-electron chi connectivity index (χ1n) is 10.4. The van der Waals surface area contributed by atoms with Crippen molar-refractivity contribution < 1.29 is 18.8 Å². The fourth-order valence-corrected chi connectivity index (χ4v) is 4.69. The van der Waals surface area contributed by atoms with Gasteiger partial charge in [-0.3, -0.25) is 14.5 Å². The van der Waals surface area contributed by atoms with Crippen LogP contribution in [0.5, 0.6) is 0 Å². The second-order valence-corrected chi connectivity index (χ2v) is 8.35. The lowest BCUT2D eigenvalue weighted by molar-refractivity contribution is -0.130. The molecule has 4 rings (SSSR count). The van der Waals surface area contributed by atoms with Gasteiger partial charge in [0.15, 0.2) is 5.78 Å². The number of urea groups is 1. The van der Waals surface area contributed by atoms with Gasteiger partial charge in [-0.1, -0.05) is 25.0 Å². The van der Waals surface area contributed by atoms with Crippen molar-refractivity contribution in [1.29, 1.82) is 0 Å². The number of aromatic nitrogens is 1. The summed E-state index contributed by atoms with van der Waals surface area (Å²) in [7, 11) is 0. The highest BCUT2D eigenvalue weighted by Gasteiger charge is 2.52. The molecule has 0 bridgehead atoms. The summed E-state index contributed by atoms with van der Waals surface area (Å²) in [6.07, 6.45) is 3.80. The molecule has 1 saturated carbocycles. The van der Waals surface area contributed by atoms with Crippen molar-refractivity contribution in [3.8, 4) is 0 Å². The number of aryl methyl sites for hydroxylation is 2. The highest BCUT2D eigenvalue weighted by atomic mass is 19.1. The van der Waals surface area contributed by atoms with Gasteiger partial charge in [0.05, 0.1) is 6.54 Å². The van der Waals surface area contributed by atoms with Crippen LogP contribution in [-0.2, 0) is 17.8 Å². The van der Waals surface area contributed by atoms with Crippen molar-refractivity contribution in [1.82, 2.24) is 14.8 Å². The number of Topliss-reactive ketones (excluding diaryl/α,β-unsaturated/α-hetero) is 1. The van der Waals surface area contributed by atoms with Gasteiger partial charge in [-0.15, -0.1) is 0 Å². The molecule has 1 aromatic carbocycles. The highest BCUT2D eigenvalue weighted by Crippen LogP contribution is 2.35. The predicted molar refractivity (Wildman–Crippen MR) is 110 cm³/mol. The molecule has 1 aliphatic heterocycles. The molecule has 1 aromatic heterocycles. The number of nitrogens with zero attached hydrogens (tertiary/aromatic N) is 2. The highest BCUT2D eigenvalue weighted by molar-refractivity contribution is 6.11. The molecule has 3 amide bonds. The molecular formula is C23H26FN3O3. The lowest BCUT2D eigenvalue weighted by Gasteiger charge is -2.19. The zero-order valence-electron chi connectivity index (χ0n) is 17.3. The molecule has 2 aromatic rings.